The molecule has 0 unspecified atom stereocenters. The molecule has 170 valence electrons. The predicted octanol–water partition coefficient (Wildman–Crippen LogP) is 5.29. The summed E-state index contributed by atoms with van der Waals surface area (Å²) >= 11 is 1.49. The maximum atomic E-state index is 6.28. The minimum Gasteiger partial charge on any atom is -0.398 e. The molecule has 0 radical (unpaired) electrons. The molecule has 0 amide bonds. The first-order chi connectivity index (χ1) is 16.3. The fraction of sp³-hybridized carbons (Fsp3) is 0.192. The molecular formula is C26H25N7S. The minimum atomic E-state index is 0.603. The second-order valence-electron chi connectivity index (χ2n) is 8.46. The zero-order valence-corrected chi connectivity index (χ0v) is 20.6. The molecule has 0 spiro atoms. The van der Waals surface area contributed by atoms with Gasteiger partial charge in [-0.05, 0) is 68.6 Å². The third-order valence-electron chi connectivity index (χ3n) is 5.68. The fourth-order valence-electron chi connectivity index (χ4n) is 4.08. The highest BCUT2D eigenvalue weighted by atomic mass is 32.2. The number of anilines is 2. The van der Waals surface area contributed by atoms with Crippen LogP contribution in [0.25, 0.3) is 44.6 Å². The molecular weight excluding hydrogens is 442 g/mol. The van der Waals surface area contributed by atoms with Crippen LogP contribution >= 0.6 is 11.8 Å². The van der Waals surface area contributed by atoms with Crippen LogP contribution in [0.5, 0.6) is 0 Å². The van der Waals surface area contributed by atoms with Crippen LogP contribution in [-0.2, 0) is 0 Å². The van der Waals surface area contributed by atoms with E-state index in [9.17, 15) is 0 Å². The Hall–Kier alpha value is -3.78. The Morgan fingerprint density at radius 1 is 0.706 bits per heavy atom. The number of hydrogen-bond donors (Lipinski definition) is 1. The van der Waals surface area contributed by atoms with Crippen LogP contribution in [0.1, 0.15) is 11.4 Å². The van der Waals surface area contributed by atoms with Crippen LogP contribution in [0.4, 0.5) is 11.4 Å². The quantitative estimate of drug-likeness (QED) is 0.356. The van der Waals surface area contributed by atoms with Crippen LogP contribution in [0.2, 0.25) is 0 Å². The Balaban J connectivity index is 1.67. The van der Waals surface area contributed by atoms with Crippen LogP contribution in [0.3, 0.4) is 0 Å². The summed E-state index contributed by atoms with van der Waals surface area (Å²) in [7, 11) is 4.07. The van der Waals surface area contributed by atoms with E-state index in [4.69, 9.17) is 20.7 Å². The van der Waals surface area contributed by atoms with Crippen molar-refractivity contribution in [3.8, 4) is 22.8 Å². The van der Waals surface area contributed by atoms with E-state index in [1.807, 2.05) is 70.6 Å². The number of fused-ring (bicyclic) bond motifs is 2. The van der Waals surface area contributed by atoms with E-state index in [0.29, 0.717) is 22.5 Å². The number of nitrogen functional groups attached to an aromatic ring is 1. The third kappa shape index (κ3) is 4.01. The summed E-state index contributed by atoms with van der Waals surface area (Å²) in [5, 5.41) is 2.60. The summed E-state index contributed by atoms with van der Waals surface area (Å²) in [6.07, 6.45) is 1.96. The van der Waals surface area contributed by atoms with Crippen LogP contribution in [-0.4, -0.2) is 45.3 Å². The maximum absolute atomic E-state index is 6.28. The highest BCUT2D eigenvalue weighted by Crippen LogP contribution is 2.31. The number of aromatic nitrogens is 5. The Labute approximate surface area is 202 Å². The summed E-state index contributed by atoms with van der Waals surface area (Å²) in [5.41, 5.74) is 13.5. The number of nitrogens with two attached hydrogens (primary N) is 1. The Morgan fingerprint density at radius 3 is 1.85 bits per heavy atom. The SMILES string of the molecule is CSc1nc(-c2ccc3nc(C)cc(N)c3c2)nc(-c2ccc3nc(C)cc(N(C)C)c3c2)n1. The monoisotopic (exact) mass is 467 g/mol. The largest absolute Gasteiger partial charge is 0.398 e. The van der Waals surface area contributed by atoms with Gasteiger partial charge in [-0.15, -0.1) is 0 Å². The molecule has 3 aromatic heterocycles. The summed E-state index contributed by atoms with van der Waals surface area (Å²) in [5.74, 6) is 1.22. The van der Waals surface area contributed by atoms with Crippen molar-refractivity contribution in [3.63, 3.8) is 0 Å². The van der Waals surface area contributed by atoms with Crippen molar-refractivity contribution in [2.75, 3.05) is 31.0 Å². The van der Waals surface area contributed by atoms with Gasteiger partial charge < -0.3 is 10.6 Å². The van der Waals surface area contributed by atoms with Gasteiger partial charge in [0.25, 0.3) is 0 Å². The molecule has 0 bridgehead atoms. The first-order valence-electron chi connectivity index (χ1n) is 10.9. The molecule has 34 heavy (non-hydrogen) atoms. The van der Waals surface area contributed by atoms with Gasteiger partial charge in [0.1, 0.15) is 0 Å². The molecule has 0 aliphatic carbocycles. The highest BCUT2D eigenvalue weighted by molar-refractivity contribution is 7.98. The molecule has 2 N–H and O–H groups in total. The van der Waals surface area contributed by atoms with E-state index in [-0.39, 0.29) is 0 Å². The lowest BCUT2D eigenvalue weighted by atomic mass is 10.1. The number of aryl methyl sites for hydroxylation is 2. The minimum absolute atomic E-state index is 0.603. The van der Waals surface area contributed by atoms with Crippen molar-refractivity contribution >= 4 is 44.9 Å². The molecule has 5 aromatic rings. The van der Waals surface area contributed by atoms with Gasteiger partial charge in [0.05, 0.1) is 11.0 Å². The second-order valence-corrected chi connectivity index (χ2v) is 9.24. The van der Waals surface area contributed by atoms with Crippen LogP contribution in [0, 0.1) is 13.8 Å². The number of pyridine rings is 2. The van der Waals surface area contributed by atoms with E-state index < -0.39 is 0 Å². The first kappa shape index (κ1) is 22.0. The van der Waals surface area contributed by atoms with Gasteiger partial charge in [-0.25, -0.2) is 15.0 Å². The molecule has 8 heteroatoms. The van der Waals surface area contributed by atoms with E-state index in [0.717, 1.165) is 50.0 Å². The molecule has 0 atom stereocenters. The molecule has 0 fully saturated rings. The van der Waals surface area contributed by atoms with Crippen molar-refractivity contribution in [1.29, 1.82) is 0 Å². The van der Waals surface area contributed by atoms with Crippen molar-refractivity contribution in [2.24, 2.45) is 0 Å². The Kier molecular flexibility index (Phi) is 5.53. The standard InChI is InChI=1S/C26H25N7S/c1-14-10-20(27)18-12-16(6-8-21(18)28-14)24-30-25(32-26(31-24)34-5)17-7-9-22-19(13-17)23(33(3)4)11-15(2)29-22/h6-13H,1-5H3,(H2,27,28). The molecule has 0 saturated heterocycles. The predicted molar refractivity (Wildman–Crippen MR) is 141 cm³/mol. The Bertz CT molecular complexity index is 1560. The number of nitrogens with zero attached hydrogens (tertiary/aromatic N) is 6. The van der Waals surface area contributed by atoms with Gasteiger partial charge in [0, 0.05) is 58.8 Å². The normalized spacial score (nSPS) is 11.3. The van der Waals surface area contributed by atoms with Crippen molar-refractivity contribution in [2.45, 2.75) is 19.0 Å². The average molecular weight is 468 g/mol. The van der Waals surface area contributed by atoms with Crippen LogP contribution in [0.15, 0.2) is 53.7 Å². The zero-order chi connectivity index (χ0) is 24.0. The molecule has 0 saturated carbocycles. The summed E-state index contributed by atoms with van der Waals surface area (Å²) in [4.78, 5) is 25.6. The van der Waals surface area contributed by atoms with Crippen LogP contribution < -0.4 is 10.6 Å². The lowest BCUT2D eigenvalue weighted by molar-refractivity contribution is 0.923. The topological polar surface area (TPSA) is 93.7 Å². The van der Waals surface area contributed by atoms with Gasteiger partial charge in [0.2, 0.25) is 0 Å². The molecule has 2 aromatic carbocycles. The molecule has 7 nitrogen and oxygen atoms in total. The van der Waals surface area contributed by atoms with Gasteiger partial charge >= 0.3 is 0 Å². The lowest BCUT2D eigenvalue weighted by Crippen LogP contribution is -2.10. The number of hydrogen-bond acceptors (Lipinski definition) is 8. The fourth-order valence-corrected chi connectivity index (χ4v) is 4.44. The molecule has 0 aliphatic rings. The Morgan fingerprint density at radius 2 is 1.26 bits per heavy atom. The van der Waals surface area contributed by atoms with Crippen molar-refractivity contribution < 1.29 is 0 Å². The number of rotatable bonds is 4. The van der Waals surface area contributed by atoms with Gasteiger partial charge in [-0.1, -0.05) is 11.8 Å². The third-order valence-corrected chi connectivity index (χ3v) is 6.23. The van der Waals surface area contributed by atoms with E-state index in [1.54, 1.807) is 0 Å². The maximum Gasteiger partial charge on any atom is 0.191 e. The smallest absolute Gasteiger partial charge is 0.191 e. The summed E-state index contributed by atoms with van der Waals surface area (Å²) < 4.78 is 0. The lowest BCUT2D eigenvalue weighted by Gasteiger charge is -2.16. The molecule has 3 heterocycles. The summed E-state index contributed by atoms with van der Waals surface area (Å²) in [6, 6.07) is 16.1. The first-order valence-corrected chi connectivity index (χ1v) is 12.1. The number of benzene rings is 2. The van der Waals surface area contributed by atoms with Gasteiger partial charge in [0.15, 0.2) is 16.8 Å². The highest BCUT2D eigenvalue weighted by Gasteiger charge is 2.14. The van der Waals surface area contributed by atoms with Gasteiger partial charge in [-0.2, -0.15) is 0 Å². The molecule has 5 rings (SSSR count). The average Bonchev–Trinajstić information content (AvgIpc) is 2.82. The summed E-state index contributed by atoms with van der Waals surface area (Å²) in [6.45, 7) is 3.95. The second kappa shape index (κ2) is 8.53. The number of thioether (sulfide) groups is 1. The van der Waals surface area contributed by atoms with Crippen molar-refractivity contribution in [1.82, 2.24) is 24.9 Å². The van der Waals surface area contributed by atoms with E-state index >= 15 is 0 Å². The van der Waals surface area contributed by atoms with Crippen molar-refractivity contribution in [3.05, 3.63) is 59.9 Å². The molecule has 0 aliphatic heterocycles. The van der Waals surface area contributed by atoms with Gasteiger partial charge in [-0.3, -0.25) is 9.97 Å². The van der Waals surface area contributed by atoms with E-state index in [2.05, 4.69) is 27.0 Å². The zero-order valence-electron chi connectivity index (χ0n) is 19.8. The van der Waals surface area contributed by atoms with E-state index in [1.165, 1.54) is 11.8 Å².